The van der Waals surface area contributed by atoms with Gasteiger partial charge < -0.3 is 9.67 Å². The Balaban J connectivity index is 2.64. The summed E-state index contributed by atoms with van der Waals surface area (Å²) in [5, 5.41) is 9.12. The maximum atomic E-state index is 11.2. The number of carbonyl (C=O) groups is 1. The minimum Gasteiger partial charge on any atom is -0.481 e. The van der Waals surface area contributed by atoms with E-state index in [1.165, 1.54) is 6.07 Å². The molecule has 0 aliphatic heterocycles. The van der Waals surface area contributed by atoms with Crippen LogP contribution in [0.3, 0.4) is 0 Å². The van der Waals surface area contributed by atoms with Crippen molar-refractivity contribution in [3.63, 3.8) is 0 Å². The standard InChI is InChI=1S/C11H16N2O3S2/c1-17-7-3-2-5-13-6-4-9(14)12-11(13)18-8-10(15)16/h4,6H,2-3,5,7-8H2,1H3,(H,15,16). The molecule has 1 N–H and O–H groups in total. The van der Waals surface area contributed by atoms with E-state index < -0.39 is 5.97 Å². The zero-order valence-corrected chi connectivity index (χ0v) is 11.8. The maximum absolute atomic E-state index is 11.2. The first kappa shape index (κ1) is 15.1. The molecule has 1 heterocycles. The molecule has 0 aromatic carbocycles. The topological polar surface area (TPSA) is 72.2 Å². The van der Waals surface area contributed by atoms with Crippen LogP contribution in [0, 0.1) is 0 Å². The second-order valence-electron chi connectivity index (χ2n) is 3.62. The average Bonchev–Trinajstić information content (AvgIpc) is 2.34. The fourth-order valence-corrected chi connectivity index (χ4v) is 2.57. The highest BCUT2D eigenvalue weighted by atomic mass is 32.2. The van der Waals surface area contributed by atoms with Gasteiger partial charge in [-0.1, -0.05) is 11.8 Å². The van der Waals surface area contributed by atoms with E-state index in [4.69, 9.17) is 5.11 Å². The third kappa shape index (κ3) is 5.59. The van der Waals surface area contributed by atoms with Crippen LogP contribution in [0.1, 0.15) is 12.8 Å². The van der Waals surface area contributed by atoms with Crippen LogP contribution in [0.15, 0.2) is 22.2 Å². The van der Waals surface area contributed by atoms with E-state index in [2.05, 4.69) is 11.2 Å². The van der Waals surface area contributed by atoms with Gasteiger partial charge in [-0.3, -0.25) is 9.59 Å². The predicted molar refractivity (Wildman–Crippen MR) is 74.5 cm³/mol. The van der Waals surface area contributed by atoms with Crippen LogP contribution < -0.4 is 5.56 Å². The number of rotatable bonds is 8. The maximum Gasteiger partial charge on any atom is 0.313 e. The van der Waals surface area contributed by atoms with Gasteiger partial charge in [0.1, 0.15) is 0 Å². The molecule has 0 amide bonds. The smallest absolute Gasteiger partial charge is 0.313 e. The molecule has 0 atom stereocenters. The van der Waals surface area contributed by atoms with E-state index in [1.807, 2.05) is 4.57 Å². The van der Waals surface area contributed by atoms with Crippen molar-refractivity contribution in [2.45, 2.75) is 24.5 Å². The molecule has 0 saturated carbocycles. The molecule has 0 saturated heterocycles. The molecule has 18 heavy (non-hydrogen) atoms. The third-order valence-electron chi connectivity index (χ3n) is 2.17. The minimum absolute atomic E-state index is 0.0821. The summed E-state index contributed by atoms with van der Waals surface area (Å²) in [6.07, 6.45) is 5.83. The summed E-state index contributed by atoms with van der Waals surface area (Å²) in [6.45, 7) is 0.760. The largest absolute Gasteiger partial charge is 0.481 e. The summed E-state index contributed by atoms with van der Waals surface area (Å²) in [5.74, 6) is 0.110. The Morgan fingerprint density at radius 1 is 1.50 bits per heavy atom. The van der Waals surface area contributed by atoms with Gasteiger partial charge in [0, 0.05) is 18.8 Å². The van der Waals surface area contributed by atoms with E-state index in [0.717, 1.165) is 36.9 Å². The Bertz CT molecular complexity index is 448. The van der Waals surface area contributed by atoms with E-state index in [-0.39, 0.29) is 11.3 Å². The summed E-state index contributed by atoms with van der Waals surface area (Å²) in [7, 11) is 0. The van der Waals surface area contributed by atoms with Gasteiger partial charge in [-0.15, -0.1) is 0 Å². The third-order valence-corrected chi connectivity index (χ3v) is 3.84. The highest BCUT2D eigenvalue weighted by Gasteiger charge is 2.06. The number of carboxylic acid groups (broad SMARTS) is 1. The van der Waals surface area contributed by atoms with Crippen molar-refractivity contribution >= 4 is 29.5 Å². The SMILES string of the molecule is CSCCCCn1ccc(=O)nc1SCC(=O)O. The molecule has 100 valence electrons. The van der Waals surface area contributed by atoms with Gasteiger partial charge in [0.15, 0.2) is 5.16 Å². The van der Waals surface area contributed by atoms with Crippen LogP contribution >= 0.6 is 23.5 Å². The van der Waals surface area contributed by atoms with Crippen LogP contribution in [-0.2, 0) is 11.3 Å². The van der Waals surface area contributed by atoms with Crippen molar-refractivity contribution < 1.29 is 9.90 Å². The molecule has 0 spiro atoms. The van der Waals surface area contributed by atoms with Crippen LogP contribution in [0.25, 0.3) is 0 Å². The highest BCUT2D eigenvalue weighted by Crippen LogP contribution is 2.14. The van der Waals surface area contributed by atoms with Crippen molar-refractivity contribution in [3.05, 3.63) is 22.6 Å². The van der Waals surface area contributed by atoms with Crippen molar-refractivity contribution in [3.8, 4) is 0 Å². The number of thioether (sulfide) groups is 2. The number of aromatic nitrogens is 2. The van der Waals surface area contributed by atoms with Gasteiger partial charge in [-0.05, 0) is 24.9 Å². The molecule has 0 fully saturated rings. The summed E-state index contributed by atoms with van der Waals surface area (Å²) in [5.41, 5.74) is -0.330. The van der Waals surface area contributed by atoms with E-state index >= 15 is 0 Å². The fraction of sp³-hybridized carbons (Fsp3) is 0.545. The minimum atomic E-state index is -0.910. The fourth-order valence-electron chi connectivity index (χ4n) is 1.35. The molecule has 7 heteroatoms. The molecule has 0 radical (unpaired) electrons. The van der Waals surface area contributed by atoms with Crippen molar-refractivity contribution in [2.24, 2.45) is 0 Å². The Labute approximate surface area is 114 Å². The van der Waals surface area contributed by atoms with Gasteiger partial charge in [-0.2, -0.15) is 16.7 Å². The van der Waals surface area contributed by atoms with Crippen molar-refractivity contribution in [1.82, 2.24) is 9.55 Å². The number of aliphatic carboxylic acids is 1. The van der Waals surface area contributed by atoms with Gasteiger partial charge >= 0.3 is 5.97 Å². The van der Waals surface area contributed by atoms with Gasteiger partial charge in [0.25, 0.3) is 5.56 Å². The first-order valence-corrected chi connectivity index (χ1v) is 7.92. The average molecular weight is 288 g/mol. The first-order valence-electron chi connectivity index (χ1n) is 5.54. The number of nitrogens with zero attached hydrogens (tertiary/aromatic N) is 2. The zero-order valence-electron chi connectivity index (χ0n) is 10.2. The summed E-state index contributed by atoms with van der Waals surface area (Å²) < 4.78 is 1.84. The zero-order chi connectivity index (χ0) is 13.4. The summed E-state index contributed by atoms with van der Waals surface area (Å²) in [4.78, 5) is 25.6. The summed E-state index contributed by atoms with van der Waals surface area (Å²) >= 11 is 2.88. The van der Waals surface area contributed by atoms with Crippen LogP contribution in [-0.4, -0.2) is 38.4 Å². The summed E-state index contributed by atoms with van der Waals surface area (Å²) in [6, 6.07) is 1.40. The number of carboxylic acids is 1. The van der Waals surface area contributed by atoms with Crippen molar-refractivity contribution in [2.75, 3.05) is 17.8 Å². The molecule has 1 rings (SSSR count). The Morgan fingerprint density at radius 2 is 2.28 bits per heavy atom. The molecule has 1 aromatic rings. The lowest BCUT2D eigenvalue weighted by Gasteiger charge is -2.10. The molecule has 0 aliphatic carbocycles. The lowest BCUT2D eigenvalue weighted by atomic mass is 10.3. The van der Waals surface area contributed by atoms with Crippen LogP contribution in [0.2, 0.25) is 0 Å². The molecular formula is C11H16N2O3S2. The number of unbranched alkanes of at least 4 members (excludes halogenated alkanes) is 1. The van der Waals surface area contributed by atoms with Gasteiger partial charge in [0.05, 0.1) is 5.75 Å². The second-order valence-corrected chi connectivity index (χ2v) is 5.55. The van der Waals surface area contributed by atoms with E-state index in [0.29, 0.717) is 5.16 Å². The van der Waals surface area contributed by atoms with E-state index in [1.54, 1.807) is 18.0 Å². The molecule has 0 aliphatic rings. The number of aryl methyl sites for hydroxylation is 1. The first-order chi connectivity index (χ1) is 8.63. The van der Waals surface area contributed by atoms with E-state index in [9.17, 15) is 9.59 Å². The number of hydrogen-bond donors (Lipinski definition) is 1. The molecular weight excluding hydrogens is 272 g/mol. The van der Waals surface area contributed by atoms with Gasteiger partial charge in [0.2, 0.25) is 0 Å². The lowest BCUT2D eigenvalue weighted by Crippen LogP contribution is -2.14. The Hall–Kier alpha value is -0.950. The molecule has 0 unspecified atom stereocenters. The van der Waals surface area contributed by atoms with Crippen LogP contribution in [0.5, 0.6) is 0 Å². The Kier molecular flexibility index (Phi) is 6.89. The highest BCUT2D eigenvalue weighted by molar-refractivity contribution is 7.99. The molecule has 0 bridgehead atoms. The quantitative estimate of drug-likeness (QED) is 0.445. The van der Waals surface area contributed by atoms with Crippen molar-refractivity contribution in [1.29, 1.82) is 0 Å². The predicted octanol–water partition coefficient (Wildman–Crippen LogP) is 1.56. The Morgan fingerprint density at radius 3 is 2.94 bits per heavy atom. The monoisotopic (exact) mass is 288 g/mol. The van der Waals surface area contributed by atoms with Crippen LogP contribution in [0.4, 0.5) is 0 Å². The van der Waals surface area contributed by atoms with Gasteiger partial charge in [-0.25, -0.2) is 0 Å². The normalized spacial score (nSPS) is 10.5. The second kappa shape index (κ2) is 8.20. The number of hydrogen-bond acceptors (Lipinski definition) is 5. The lowest BCUT2D eigenvalue weighted by molar-refractivity contribution is -0.133. The molecule has 5 nitrogen and oxygen atoms in total. The molecule has 1 aromatic heterocycles.